The molecule has 138 valence electrons. The van der Waals surface area contributed by atoms with Crippen molar-refractivity contribution in [1.29, 1.82) is 0 Å². The Bertz CT molecular complexity index is 649. The van der Waals surface area contributed by atoms with E-state index in [1.54, 1.807) is 6.07 Å². The average Bonchev–Trinajstić information content (AvgIpc) is 2.84. The summed E-state index contributed by atoms with van der Waals surface area (Å²) in [4.78, 5) is 11.5. The van der Waals surface area contributed by atoms with Gasteiger partial charge in [0.15, 0.2) is 0 Å². The summed E-state index contributed by atoms with van der Waals surface area (Å²) < 4.78 is 48.5. The van der Waals surface area contributed by atoms with Gasteiger partial charge in [0.25, 0.3) is 0 Å². The van der Waals surface area contributed by atoms with Crippen molar-refractivity contribution in [3.8, 4) is 11.5 Å². The van der Waals surface area contributed by atoms with Gasteiger partial charge in [0.1, 0.15) is 11.5 Å². The van der Waals surface area contributed by atoms with Crippen molar-refractivity contribution >= 4 is 6.03 Å². The summed E-state index contributed by atoms with van der Waals surface area (Å²) in [6, 6.07) is 4.16. The Hall–Kier alpha value is -2.12. The number of nitrogens with one attached hydrogen (secondary N) is 2. The molecule has 3 atom stereocenters. The molecule has 3 unspecified atom stereocenters. The molecule has 5 nitrogen and oxygen atoms in total. The Morgan fingerprint density at radius 3 is 2.48 bits per heavy atom. The SMILES string of the molecule is CC(C)Oc1cccc(OC(F)(F)F)c1C1CCC2NC(=O)NC2C1. The van der Waals surface area contributed by atoms with Gasteiger partial charge in [-0.1, -0.05) is 6.07 Å². The van der Waals surface area contributed by atoms with Crippen molar-refractivity contribution in [2.75, 3.05) is 0 Å². The van der Waals surface area contributed by atoms with Crippen LogP contribution < -0.4 is 20.1 Å². The van der Waals surface area contributed by atoms with Crippen LogP contribution in [0.25, 0.3) is 0 Å². The van der Waals surface area contributed by atoms with Crippen LogP contribution in [-0.4, -0.2) is 30.6 Å². The molecule has 2 amide bonds. The third-order valence-corrected chi connectivity index (χ3v) is 4.51. The van der Waals surface area contributed by atoms with E-state index in [-0.39, 0.29) is 35.9 Å². The lowest BCUT2D eigenvalue weighted by Crippen LogP contribution is -2.39. The molecule has 0 bridgehead atoms. The smallest absolute Gasteiger partial charge is 0.491 e. The van der Waals surface area contributed by atoms with Crippen molar-refractivity contribution in [3.63, 3.8) is 0 Å². The van der Waals surface area contributed by atoms with Crippen LogP contribution in [0.3, 0.4) is 0 Å². The minimum atomic E-state index is -4.77. The van der Waals surface area contributed by atoms with Gasteiger partial charge in [0, 0.05) is 5.56 Å². The maximum Gasteiger partial charge on any atom is 0.573 e. The van der Waals surface area contributed by atoms with Crippen LogP contribution in [0, 0.1) is 0 Å². The third kappa shape index (κ3) is 4.11. The minimum Gasteiger partial charge on any atom is -0.491 e. The van der Waals surface area contributed by atoms with Gasteiger partial charge in [0.2, 0.25) is 0 Å². The molecule has 8 heteroatoms. The van der Waals surface area contributed by atoms with Gasteiger partial charge < -0.3 is 20.1 Å². The first kappa shape index (κ1) is 17.7. The van der Waals surface area contributed by atoms with Crippen molar-refractivity contribution in [3.05, 3.63) is 23.8 Å². The Morgan fingerprint density at radius 1 is 1.12 bits per heavy atom. The second-order valence-corrected chi connectivity index (χ2v) is 6.72. The van der Waals surface area contributed by atoms with Crippen LogP contribution in [0.1, 0.15) is 44.6 Å². The summed E-state index contributed by atoms with van der Waals surface area (Å²) in [6.07, 6.45) is -3.07. The number of hydrogen-bond acceptors (Lipinski definition) is 3. The first-order valence-corrected chi connectivity index (χ1v) is 8.35. The van der Waals surface area contributed by atoms with Crippen molar-refractivity contribution < 1.29 is 27.4 Å². The summed E-state index contributed by atoms with van der Waals surface area (Å²) in [5, 5.41) is 5.66. The standard InChI is InChI=1S/C17H21F3N2O3/c1-9(2)24-13-4-3-5-14(25-17(18,19)20)15(13)10-6-7-11-12(8-10)22-16(23)21-11/h3-5,9-12H,6-8H2,1-2H3,(H2,21,22,23). The van der Waals surface area contributed by atoms with E-state index in [1.165, 1.54) is 12.1 Å². The summed E-state index contributed by atoms with van der Waals surface area (Å²) in [5.74, 6) is -0.0161. The molecule has 2 N–H and O–H groups in total. The molecule has 1 aliphatic heterocycles. The summed E-state index contributed by atoms with van der Waals surface area (Å²) in [7, 11) is 0. The highest BCUT2D eigenvalue weighted by Gasteiger charge is 2.40. The minimum absolute atomic E-state index is 0.0221. The molecule has 1 saturated carbocycles. The summed E-state index contributed by atoms with van der Waals surface area (Å²) >= 11 is 0. The topological polar surface area (TPSA) is 59.6 Å². The normalized spacial score (nSPS) is 26.0. The van der Waals surface area contributed by atoms with E-state index in [0.29, 0.717) is 30.6 Å². The predicted octanol–water partition coefficient (Wildman–Crippen LogP) is 3.69. The van der Waals surface area contributed by atoms with E-state index in [4.69, 9.17) is 4.74 Å². The monoisotopic (exact) mass is 358 g/mol. The van der Waals surface area contributed by atoms with E-state index in [2.05, 4.69) is 15.4 Å². The molecule has 25 heavy (non-hydrogen) atoms. The maximum absolute atomic E-state index is 12.8. The Balaban J connectivity index is 1.93. The molecule has 2 aliphatic rings. The van der Waals surface area contributed by atoms with Crippen LogP contribution >= 0.6 is 0 Å². The van der Waals surface area contributed by atoms with Gasteiger partial charge in [0.05, 0.1) is 18.2 Å². The fraction of sp³-hybridized carbons (Fsp3) is 0.588. The molecule has 0 spiro atoms. The molecule has 2 fully saturated rings. The van der Waals surface area contributed by atoms with E-state index in [1.807, 2.05) is 13.8 Å². The van der Waals surface area contributed by atoms with E-state index >= 15 is 0 Å². The van der Waals surface area contributed by atoms with Gasteiger partial charge in [-0.2, -0.15) is 0 Å². The number of carbonyl (C=O) groups is 1. The van der Waals surface area contributed by atoms with E-state index in [9.17, 15) is 18.0 Å². The quantitative estimate of drug-likeness (QED) is 0.863. The number of rotatable bonds is 4. The van der Waals surface area contributed by atoms with Gasteiger partial charge in [-0.25, -0.2) is 4.79 Å². The number of ether oxygens (including phenoxy) is 2. The number of hydrogen-bond donors (Lipinski definition) is 2. The molecule has 3 rings (SSSR count). The van der Waals surface area contributed by atoms with Crippen LogP contribution in [0.4, 0.5) is 18.0 Å². The van der Waals surface area contributed by atoms with Crippen molar-refractivity contribution in [2.45, 2.75) is 63.6 Å². The van der Waals surface area contributed by atoms with Crippen LogP contribution in [0.15, 0.2) is 18.2 Å². The molecule has 1 heterocycles. The highest BCUT2D eigenvalue weighted by Crippen LogP contribution is 2.44. The van der Waals surface area contributed by atoms with Gasteiger partial charge in [-0.05, 0) is 51.2 Å². The lowest BCUT2D eigenvalue weighted by molar-refractivity contribution is -0.275. The highest BCUT2D eigenvalue weighted by atomic mass is 19.4. The zero-order chi connectivity index (χ0) is 18.2. The van der Waals surface area contributed by atoms with E-state index in [0.717, 1.165) is 0 Å². The largest absolute Gasteiger partial charge is 0.573 e. The third-order valence-electron chi connectivity index (χ3n) is 4.51. The van der Waals surface area contributed by atoms with Gasteiger partial charge >= 0.3 is 12.4 Å². The molecular weight excluding hydrogens is 337 g/mol. The zero-order valence-electron chi connectivity index (χ0n) is 14.0. The second kappa shape index (κ2) is 6.65. The van der Waals surface area contributed by atoms with Crippen LogP contribution in [-0.2, 0) is 0 Å². The number of fused-ring (bicyclic) bond motifs is 1. The second-order valence-electron chi connectivity index (χ2n) is 6.72. The summed E-state index contributed by atoms with van der Waals surface area (Å²) in [5.41, 5.74) is 0.424. The zero-order valence-corrected chi connectivity index (χ0v) is 14.0. The first-order valence-electron chi connectivity index (χ1n) is 8.35. The van der Waals surface area contributed by atoms with Crippen LogP contribution in [0.5, 0.6) is 11.5 Å². The molecule has 1 aromatic carbocycles. The number of alkyl halides is 3. The number of benzene rings is 1. The van der Waals surface area contributed by atoms with E-state index < -0.39 is 6.36 Å². The number of amides is 2. The maximum atomic E-state index is 12.8. The summed E-state index contributed by atoms with van der Waals surface area (Å²) in [6.45, 7) is 3.64. The lowest BCUT2D eigenvalue weighted by Gasteiger charge is -2.33. The van der Waals surface area contributed by atoms with Crippen molar-refractivity contribution in [2.24, 2.45) is 0 Å². The molecule has 1 aliphatic carbocycles. The molecule has 0 aromatic heterocycles. The van der Waals surface area contributed by atoms with Crippen LogP contribution in [0.2, 0.25) is 0 Å². The fourth-order valence-corrected chi connectivity index (χ4v) is 3.64. The highest BCUT2D eigenvalue weighted by molar-refractivity contribution is 5.77. The number of carbonyl (C=O) groups excluding carboxylic acids is 1. The Labute approximate surface area is 143 Å². The van der Waals surface area contributed by atoms with Crippen molar-refractivity contribution in [1.82, 2.24) is 10.6 Å². The van der Waals surface area contributed by atoms with Gasteiger partial charge in [-0.3, -0.25) is 0 Å². The number of halogens is 3. The average molecular weight is 358 g/mol. The number of urea groups is 1. The molecule has 1 saturated heterocycles. The first-order chi connectivity index (χ1) is 11.7. The molecule has 1 aromatic rings. The predicted molar refractivity (Wildman–Crippen MR) is 84.7 cm³/mol. The fourth-order valence-electron chi connectivity index (χ4n) is 3.64. The Kier molecular flexibility index (Phi) is 4.71. The lowest BCUT2D eigenvalue weighted by atomic mass is 9.78. The Morgan fingerprint density at radius 2 is 1.80 bits per heavy atom. The molecule has 0 radical (unpaired) electrons. The van der Waals surface area contributed by atoms with Gasteiger partial charge in [-0.15, -0.1) is 13.2 Å². The molecular formula is C17H21F3N2O3.